The Morgan fingerprint density at radius 1 is 1.19 bits per heavy atom. The highest BCUT2D eigenvalue weighted by Gasteiger charge is 2.73. The van der Waals surface area contributed by atoms with E-state index in [4.69, 9.17) is 16.2 Å². The fourth-order valence-corrected chi connectivity index (χ4v) is 6.23. The number of aliphatic hydroxyl groups is 2. The lowest BCUT2D eigenvalue weighted by atomic mass is 9.79. The smallest absolute Gasteiger partial charge is 0.269 e. The molecule has 0 aliphatic carbocycles. The second kappa shape index (κ2) is 9.52. The number of carbonyl (C=O) groups excluding carboxylic acids is 2. The minimum absolute atomic E-state index is 0.0224. The van der Waals surface area contributed by atoms with Gasteiger partial charge in [0.25, 0.3) is 11.8 Å². The third kappa shape index (κ3) is 4.10. The summed E-state index contributed by atoms with van der Waals surface area (Å²) in [7, 11) is 0. The number of hydrogen-bond acceptors (Lipinski definition) is 12. The summed E-state index contributed by atoms with van der Waals surface area (Å²) < 4.78 is 19.1. The maximum Gasteiger partial charge on any atom is 0.269 e. The van der Waals surface area contributed by atoms with Crippen molar-refractivity contribution in [3.8, 4) is 5.75 Å². The number of ether oxygens (including phenoxy) is 1. The largest absolute Gasteiger partial charge is 0.492 e. The van der Waals surface area contributed by atoms with Crippen molar-refractivity contribution in [3.05, 3.63) is 59.2 Å². The van der Waals surface area contributed by atoms with E-state index in [9.17, 15) is 24.2 Å². The SMILES string of the molecule is CC1(C)CCOc2c(C(=O)N[C@H]3CN4C(N)=NC(CNC(=O)c5ccc(F)cn5)C5N=C(N)NC54C3(O)O)cccc21. The van der Waals surface area contributed by atoms with Gasteiger partial charge in [-0.05, 0) is 30.0 Å². The van der Waals surface area contributed by atoms with Gasteiger partial charge in [0.1, 0.15) is 29.3 Å². The maximum absolute atomic E-state index is 13.6. The highest BCUT2D eigenvalue weighted by Crippen LogP contribution is 2.45. The van der Waals surface area contributed by atoms with Crippen LogP contribution in [0.2, 0.25) is 0 Å². The molecule has 4 aliphatic heterocycles. The van der Waals surface area contributed by atoms with Crippen molar-refractivity contribution in [1.29, 1.82) is 0 Å². The zero-order chi connectivity index (χ0) is 30.0. The first-order valence-corrected chi connectivity index (χ1v) is 13.5. The number of nitrogens with two attached hydrogens (primary N) is 2. The van der Waals surface area contributed by atoms with Crippen LogP contribution in [0.5, 0.6) is 5.75 Å². The number of amides is 2. The Morgan fingerprint density at radius 3 is 2.71 bits per heavy atom. The standard InChI is InChI=1S/C27H32FN9O5/c1-25(2)8-9-42-19-14(4-3-5-15(19)25)21(38)34-18-12-37-24(30)33-17(11-32-22(39)16-7-6-13(28)10-31-16)20-26(37,27(18,40)41)36-23(29)35-20/h3-7,10,17-18,20,40-41H,8-9,11-12H2,1-2H3,(H2,30,33)(H,32,39)(H,34,38)(H3,29,35,36)/t17?,18-,20?,26?/m0/s1. The van der Waals surface area contributed by atoms with Crippen LogP contribution in [0.1, 0.15) is 46.7 Å². The van der Waals surface area contributed by atoms with Gasteiger partial charge in [0, 0.05) is 18.7 Å². The first kappa shape index (κ1) is 27.7. The van der Waals surface area contributed by atoms with E-state index in [1.165, 1.54) is 11.0 Å². The van der Waals surface area contributed by atoms with E-state index in [-0.39, 0.29) is 41.7 Å². The van der Waals surface area contributed by atoms with E-state index >= 15 is 0 Å². The minimum atomic E-state index is -2.66. The zero-order valence-electron chi connectivity index (χ0n) is 23.0. The molecule has 14 nitrogen and oxygen atoms in total. The predicted molar refractivity (Wildman–Crippen MR) is 148 cm³/mol. The quantitative estimate of drug-likeness (QED) is 0.203. The summed E-state index contributed by atoms with van der Waals surface area (Å²) >= 11 is 0. The summed E-state index contributed by atoms with van der Waals surface area (Å²) in [5.41, 5.74) is 11.5. The van der Waals surface area contributed by atoms with Crippen molar-refractivity contribution in [1.82, 2.24) is 25.8 Å². The van der Waals surface area contributed by atoms with Crippen LogP contribution in [0.3, 0.4) is 0 Å². The molecule has 2 amide bonds. The van der Waals surface area contributed by atoms with Crippen LogP contribution in [0.4, 0.5) is 4.39 Å². The van der Waals surface area contributed by atoms with Gasteiger partial charge in [-0.15, -0.1) is 0 Å². The van der Waals surface area contributed by atoms with Gasteiger partial charge < -0.3 is 47.3 Å². The molecule has 6 rings (SSSR count). The molecule has 3 unspecified atom stereocenters. The molecule has 5 heterocycles. The number of nitrogens with zero attached hydrogens (tertiary/aromatic N) is 4. The van der Waals surface area contributed by atoms with Crippen LogP contribution >= 0.6 is 0 Å². The predicted octanol–water partition coefficient (Wildman–Crippen LogP) is -1.51. The third-order valence-electron chi connectivity index (χ3n) is 8.50. The fourth-order valence-electron chi connectivity index (χ4n) is 6.23. The van der Waals surface area contributed by atoms with E-state index in [1.54, 1.807) is 12.1 Å². The minimum Gasteiger partial charge on any atom is -0.492 e. The molecule has 1 aromatic carbocycles. The number of pyridine rings is 1. The highest BCUT2D eigenvalue weighted by atomic mass is 19.1. The number of aliphatic imine (C=N–C) groups is 2. The molecule has 0 saturated carbocycles. The van der Waals surface area contributed by atoms with Crippen LogP contribution in [-0.2, 0) is 5.41 Å². The molecule has 0 bridgehead atoms. The lowest BCUT2D eigenvalue weighted by Crippen LogP contribution is -2.78. The van der Waals surface area contributed by atoms with E-state index in [0.29, 0.717) is 12.4 Å². The van der Waals surface area contributed by atoms with Crippen LogP contribution in [-0.4, -0.2) is 93.1 Å². The normalized spacial score (nSPS) is 28.2. The van der Waals surface area contributed by atoms with Gasteiger partial charge in [-0.3, -0.25) is 9.59 Å². The summed E-state index contributed by atoms with van der Waals surface area (Å²) in [5.74, 6) is -4.13. The molecule has 42 heavy (non-hydrogen) atoms. The molecule has 1 aromatic heterocycles. The van der Waals surface area contributed by atoms with Gasteiger partial charge in [0.2, 0.25) is 5.79 Å². The van der Waals surface area contributed by atoms with Crippen molar-refractivity contribution in [3.63, 3.8) is 0 Å². The van der Waals surface area contributed by atoms with E-state index in [0.717, 1.165) is 24.2 Å². The molecule has 9 N–H and O–H groups in total. The molecule has 4 atom stereocenters. The topological polar surface area (TPSA) is 213 Å². The number of benzene rings is 1. The first-order valence-electron chi connectivity index (χ1n) is 13.5. The van der Waals surface area contributed by atoms with Gasteiger partial charge in [0.05, 0.1) is 24.4 Å². The van der Waals surface area contributed by atoms with E-state index in [1.807, 2.05) is 6.07 Å². The number of fused-ring (bicyclic) bond motifs is 1. The van der Waals surface area contributed by atoms with Crippen molar-refractivity contribution in [2.45, 2.75) is 55.3 Å². The highest BCUT2D eigenvalue weighted by molar-refractivity contribution is 5.98. The first-order chi connectivity index (χ1) is 19.8. The summed E-state index contributed by atoms with van der Waals surface area (Å²) in [6.45, 7) is 4.32. The van der Waals surface area contributed by atoms with Crippen LogP contribution in [0, 0.1) is 5.82 Å². The molecular formula is C27H32FN9O5. The number of halogens is 1. The van der Waals surface area contributed by atoms with Gasteiger partial charge in [-0.25, -0.2) is 19.4 Å². The summed E-state index contributed by atoms with van der Waals surface area (Å²) in [5, 5.41) is 31.6. The van der Waals surface area contributed by atoms with E-state index < -0.39 is 47.2 Å². The maximum atomic E-state index is 13.6. The Hall–Kier alpha value is -4.50. The zero-order valence-corrected chi connectivity index (χ0v) is 23.0. The molecule has 4 aliphatic rings. The number of carbonyl (C=O) groups is 2. The monoisotopic (exact) mass is 581 g/mol. The number of para-hydroxylation sites is 1. The Kier molecular flexibility index (Phi) is 6.27. The van der Waals surface area contributed by atoms with Crippen molar-refractivity contribution >= 4 is 23.7 Å². The number of rotatable bonds is 5. The fraction of sp³-hybridized carbons (Fsp3) is 0.444. The van der Waals surface area contributed by atoms with Gasteiger partial charge in [0.15, 0.2) is 17.6 Å². The van der Waals surface area contributed by atoms with Gasteiger partial charge in [-0.1, -0.05) is 26.0 Å². The van der Waals surface area contributed by atoms with Crippen molar-refractivity contribution < 1.29 is 28.9 Å². The molecule has 2 aromatic rings. The van der Waals surface area contributed by atoms with Crippen LogP contribution in [0.25, 0.3) is 0 Å². The number of guanidine groups is 2. The average molecular weight is 582 g/mol. The van der Waals surface area contributed by atoms with Crippen molar-refractivity contribution in [2.75, 3.05) is 19.7 Å². The van der Waals surface area contributed by atoms with Gasteiger partial charge >= 0.3 is 0 Å². The molecule has 1 spiro atoms. The van der Waals surface area contributed by atoms with Gasteiger partial charge in [-0.2, -0.15) is 0 Å². The second-order valence-electron chi connectivity index (χ2n) is 11.5. The number of aromatic nitrogens is 1. The Morgan fingerprint density at radius 2 is 1.98 bits per heavy atom. The molecular weight excluding hydrogens is 549 g/mol. The number of hydrogen-bond donors (Lipinski definition) is 7. The average Bonchev–Trinajstić information content (AvgIpc) is 3.41. The molecule has 222 valence electrons. The Balaban J connectivity index is 1.26. The number of nitrogens with one attached hydrogen (secondary N) is 3. The van der Waals surface area contributed by atoms with E-state index in [2.05, 4.69) is 44.8 Å². The molecule has 15 heteroatoms. The lowest BCUT2D eigenvalue weighted by Gasteiger charge is -2.49. The van der Waals surface area contributed by atoms with Crippen molar-refractivity contribution in [2.24, 2.45) is 21.5 Å². The summed E-state index contributed by atoms with van der Waals surface area (Å²) in [6.07, 6.45) is 1.71. The Bertz CT molecular complexity index is 1510. The second-order valence-corrected chi connectivity index (χ2v) is 11.5. The lowest BCUT2D eigenvalue weighted by molar-refractivity contribution is -0.230. The Labute approximate surface area is 240 Å². The third-order valence-corrected chi connectivity index (χ3v) is 8.50. The van der Waals surface area contributed by atoms with Crippen LogP contribution < -0.4 is 32.2 Å². The molecule has 1 fully saturated rings. The summed E-state index contributed by atoms with van der Waals surface area (Å²) in [4.78, 5) is 40.2. The molecule has 1 saturated heterocycles. The summed E-state index contributed by atoms with van der Waals surface area (Å²) in [6, 6.07) is 4.45. The molecule has 0 radical (unpaired) electrons. The van der Waals surface area contributed by atoms with Crippen LogP contribution in [0.15, 0.2) is 46.5 Å².